The van der Waals surface area contributed by atoms with Crippen LogP contribution in [0.15, 0.2) is 53.5 Å². The molecule has 1 N–H and O–H groups in total. The number of amides is 1. The third-order valence-electron chi connectivity index (χ3n) is 3.36. The Balaban J connectivity index is 1.73. The highest BCUT2D eigenvalue weighted by Gasteiger charge is 2.12. The number of benzene rings is 2. The molecule has 7 nitrogen and oxygen atoms in total. The van der Waals surface area contributed by atoms with E-state index in [1.807, 2.05) is 0 Å². The molecule has 132 valence electrons. The molecule has 0 radical (unpaired) electrons. The standard InChI is InChI=1S/C17H12BrClN4O3/c18-12-1-4-16(11(5-12)7-24)26-8-17(25)22-14-6-13(19)2-3-15(14)23-10-20-9-21-23/h1-7,9-10H,8H2,(H,22,25). The van der Waals surface area contributed by atoms with Gasteiger partial charge in [0.1, 0.15) is 18.4 Å². The molecule has 2 aromatic carbocycles. The molecule has 0 saturated carbocycles. The Labute approximate surface area is 162 Å². The van der Waals surface area contributed by atoms with Gasteiger partial charge in [-0.1, -0.05) is 27.5 Å². The van der Waals surface area contributed by atoms with E-state index in [-0.39, 0.29) is 6.61 Å². The lowest BCUT2D eigenvalue weighted by atomic mass is 10.2. The Hall–Kier alpha value is -2.71. The number of ether oxygens (including phenoxy) is 1. The molecule has 0 spiro atoms. The number of rotatable bonds is 6. The zero-order valence-corrected chi connectivity index (χ0v) is 15.6. The van der Waals surface area contributed by atoms with Crippen molar-refractivity contribution in [2.45, 2.75) is 0 Å². The Morgan fingerprint density at radius 1 is 1.31 bits per heavy atom. The van der Waals surface area contributed by atoms with Crippen LogP contribution in [0.5, 0.6) is 5.75 Å². The SMILES string of the molecule is O=Cc1cc(Br)ccc1OCC(=O)Nc1cc(Cl)ccc1-n1cncn1. The molecule has 0 saturated heterocycles. The summed E-state index contributed by atoms with van der Waals surface area (Å²) in [6, 6.07) is 9.95. The fraction of sp³-hybridized carbons (Fsp3) is 0.0588. The van der Waals surface area contributed by atoms with Crippen molar-refractivity contribution in [3.05, 3.63) is 64.1 Å². The number of aromatic nitrogens is 3. The summed E-state index contributed by atoms with van der Waals surface area (Å²) in [5.41, 5.74) is 1.42. The van der Waals surface area contributed by atoms with Crippen molar-refractivity contribution < 1.29 is 14.3 Å². The van der Waals surface area contributed by atoms with E-state index in [0.717, 1.165) is 4.47 Å². The van der Waals surface area contributed by atoms with E-state index in [0.29, 0.717) is 34.0 Å². The molecule has 9 heteroatoms. The van der Waals surface area contributed by atoms with Gasteiger partial charge in [0.25, 0.3) is 5.91 Å². The molecule has 0 bridgehead atoms. The van der Waals surface area contributed by atoms with Crippen molar-refractivity contribution in [2.24, 2.45) is 0 Å². The maximum absolute atomic E-state index is 12.3. The number of anilines is 1. The molecule has 3 aromatic rings. The highest BCUT2D eigenvalue weighted by molar-refractivity contribution is 9.10. The second-order valence-electron chi connectivity index (χ2n) is 5.14. The van der Waals surface area contributed by atoms with Crippen LogP contribution in [0.3, 0.4) is 0 Å². The quantitative estimate of drug-likeness (QED) is 0.599. The summed E-state index contributed by atoms with van der Waals surface area (Å²) in [4.78, 5) is 27.2. The van der Waals surface area contributed by atoms with Crippen LogP contribution in [0.2, 0.25) is 5.02 Å². The van der Waals surface area contributed by atoms with Gasteiger partial charge in [-0.15, -0.1) is 0 Å². The number of carbonyl (C=O) groups excluding carboxylic acids is 2. The molecule has 0 aliphatic carbocycles. The maximum Gasteiger partial charge on any atom is 0.262 e. The van der Waals surface area contributed by atoms with Crippen molar-refractivity contribution in [1.29, 1.82) is 0 Å². The molecule has 0 fully saturated rings. The van der Waals surface area contributed by atoms with Gasteiger partial charge in [0.05, 0.1) is 16.9 Å². The van der Waals surface area contributed by atoms with Crippen molar-refractivity contribution in [2.75, 3.05) is 11.9 Å². The average Bonchev–Trinajstić information content (AvgIpc) is 3.15. The van der Waals surface area contributed by atoms with Gasteiger partial charge >= 0.3 is 0 Å². The van der Waals surface area contributed by atoms with Gasteiger partial charge < -0.3 is 10.1 Å². The van der Waals surface area contributed by atoms with Gasteiger partial charge in [0, 0.05) is 9.50 Å². The second kappa shape index (κ2) is 8.11. The van der Waals surface area contributed by atoms with E-state index in [9.17, 15) is 9.59 Å². The van der Waals surface area contributed by atoms with Gasteiger partial charge in [-0.2, -0.15) is 5.10 Å². The van der Waals surface area contributed by atoms with Crippen LogP contribution in [0.25, 0.3) is 5.69 Å². The molecule has 1 heterocycles. The van der Waals surface area contributed by atoms with Gasteiger partial charge in [0.2, 0.25) is 0 Å². The molecule has 3 rings (SSSR count). The molecule has 1 amide bonds. The van der Waals surface area contributed by atoms with Crippen molar-refractivity contribution in [3.8, 4) is 11.4 Å². The molecule has 0 unspecified atom stereocenters. The van der Waals surface area contributed by atoms with Gasteiger partial charge in [-0.3, -0.25) is 9.59 Å². The number of aldehydes is 1. The van der Waals surface area contributed by atoms with E-state index in [1.165, 1.54) is 17.3 Å². The molecular weight excluding hydrogens is 424 g/mol. The first kappa shape index (κ1) is 18.1. The first-order valence-electron chi connectivity index (χ1n) is 7.39. The predicted molar refractivity (Wildman–Crippen MR) is 100 cm³/mol. The summed E-state index contributed by atoms with van der Waals surface area (Å²) in [6.07, 6.45) is 3.56. The zero-order valence-electron chi connectivity index (χ0n) is 13.2. The van der Waals surface area contributed by atoms with E-state index < -0.39 is 5.91 Å². The highest BCUT2D eigenvalue weighted by atomic mass is 79.9. The third-order valence-corrected chi connectivity index (χ3v) is 4.08. The van der Waals surface area contributed by atoms with E-state index >= 15 is 0 Å². The van der Waals surface area contributed by atoms with E-state index in [4.69, 9.17) is 16.3 Å². The second-order valence-corrected chi connectivity index (χ2v) is 6.49. The molecular formula is C17H12BrClN4O3. The van der Waals surface area contributed by atoms with E-state index in [1.54, 1.807) is 36.4 Å². The largest absolute Gasteiger partial charge is 0.483 e. The number of nitrogens with zero attached hydrogens (tertiary/aromatic N) is 3. The fourth-order valence-electron chi connectivity index (χ4n) is 2.21. The van der Waals surface area contributed by atoms with E-state index in [2.05, 4.69) is 31.3 Å². The third kappa shape index (κ3) is 4.27. The zero-order chi connectivity index (χ0) is 18.5. The maximum atomic E-state index is 12.3. The number of hydrogen-bond acceptors (Lipinski definition) is 5. The molecule has 1 aromatic heterocycles. The number of nitrogens with one attached hydrogen (secondary N) is 1. The summed E-state index contributed by atoms with van der Waals surface area (Å²) in [5, 5.41) is 7.23. The van der Waals surface area contributed by atoms with Crippen LogP contribution in [0.4, 0.5) is 5.69 Å². The van der Waals surface area contributed by atoms with Gasteiger partial charge in [0.15, 0.2) is 12.9 Å². The Kier molecular flexibility index (Phi) is 5.65. The molecule has 26 heavy (non-hydrogen) atoms. The minimum Gasteiger partial charge on any atom is -0.483 e. The minimum absolute atomic E-state index is 0.272. The van der Waals surface area contributed by atoms with Gasteiger partial charge in [-0.25, -0.2) is 9.67 Å². The fourth-order valence-corrected chi connectivity index (χ4v) is 2.76. The number of carbonyl (C=O) groups is 2. The van der Waals surface area contributed by atoms with Crippen LogP contribution in [0.1, 0.15) is 10.4 Å². The predicted octanol–water partition coefficient (Wildman–Crippen LogP) is 3.51. The summed E-state index contributed by atoms with van der Waals surface area (Å²) >= 11 is 9.29. The summed E-state index contributed by atoms with van der Waals surface area (Å²) in [7, 11) is 0. The molecule has 0 aliphatic heterocycles. The normalized spacial score (nSPS) is 10.4. The lowest BCUT2D eigenvalue weighted by Gasteiger charge is -2.12. The lowest BCUT2D eigenvalue weighted by molar-refractivity contribution is -0.118. The Bertz CT molecular complexity index is 947. The lowest BCUT2D eigenvalue weighted by Crippen LogP contribution is -2.21. The summed E-state index contributed by atoms with van der Waals surface area (Å²) < 4.78 is 7.70. The number of halogens is 2. The monoisotopic (exact) mass is 434 g/mol. The van der Waals surface area contributed by atoms with Crippen LogP contribution >= 0.6 is 27.5 Å². The minimum atomic E-state index is -0.409. The molecule has 0 atom stereocenters. The topological polar surface area (TPSA) is 86.1 Å². The number of hydrogen-bond donors (Lipinski definition) is 1. The van der Waals surface area contributed by atoms with Crippen LogP contribution in [-0.4, -0.2) is 33.6 Å². The average molecular weight is 436 g/mol. The van der Waals surface area contributed by atoms with Crippen LogP contribution < -0.4 is 10.1 Å². The Morgan fingerprint density at radius 2 is 2.15 bits per heavy atom. The first-order chi connectivity index (χ1) is 12.6. The smallest absolute Gasteiger partial charge is 0.262 e. The van der Waals surface area contributed by atoms with Crippen molar-refractivity contribution in [3.63, 3.8) is 0 Å². The molecule has 0 aliphatic rings. The highest BCUT2D eigenvalue weighted by Crippen LogP contribution is 2.24. The van der Waals surface area contributed by atoms with Gasteiger partial charge in [-0.05, 0) is 36.4 Å². The van der Waals surface area contributed by atoms with Crippen LogP contribution in [0, 0.1) is 0 Å². The van der Waals surface area contributed by atoms with Crippen molar-refractivity contribution in [1.82, 2.24) is 14.8 Å². The summed E-state index contributed by atoms with van der Waals surface area (Å²) in [6.45, 7) is -0.272. The van der Waals surface area contributed by atoms with Crippen molar-refractivity contribution >= 4 is 45.4 Å². The first-order valence-corrected chi connectivity index (χ1v) is 8.56. The Morgan fingerprint density at radius 3 is 2.88 bits per heavy atom. The van der Waals surface area contributed by atoms with Crippen LogP contribution in [-0.2, 0) is 4.79 Å². The summed E-state index contributed by atoms with van der Waals surface area (Å²) in [5.74, 6) is -0.0886.